The van der Waals surface area contributed by atoms with Gasteiger partial charge in [-0.25, -0.2) is 0 Å². The van der Waals surface area contributed by atoms with Crippen molar-refractivity contribution in [3.63, 3.8) is 0 Å². The fourth-order valence-corrected chi connectivity index (χ4v) is 2.57. The zero-order valence-corrected chi connectivity index (χ0v) is 11.7. The van der Waals surface area contributed by atoms with Crippen molar-refractivity contribution >= 4 is 11.8 Å². The Hall–Kier alpha value is -1.68. The molecule has 0 bridgehead atoms. The van der Waals surface area contributed by atoms with E-state index in [2.05, 4.69) is 37.4 Å². The first kappa shape index (κ1) is 13.7. The maximum atomic E-state index is 11.7. The Bertz CT molecular complexity index is 495. The fourth-order valence-electron chi connectivity index (χ4n) is 2.57. The average molecular weight is 260 g/mol. The van der Waals surface area contributed by atoms with Gasteiger partial charge in [0.25, 0.3) is 0 Å². The van der Waals surface area contributed by atoms with Crippen LogP contribution in [0.2, 0.25) is 0 Å². The summed E-state index contributed by atoms with van der Waals surface area (Å²) in [7, 11) is 1.86. The van der Waals surface area contributed by atoms with Gasteiger partial charge in [0.1, 0.15) is 0 Å². The van der Waals surface area contributed by atoms with Crippen LogP contribution in [0, 0.1) is 13.8 Å². The van der Waals surface area contributed by atoms with E-state index >= 15 is 0 Å². The molecule has 4 nitrogen and oxygen atoms in total. The van der Waals surface area contributed by atoms with Crippen molar-refractivity contribution in [3.05, 3.63) is 34.9 Å². The van der Waals surface area contributed by atoms with Crippen LogP contribution < -0.4 is 5.32 Å². The van der Waals surface area contributed by atoms with Gasteiger partial charge in [-0.15, -0.1) is 0 Å². The third kappa shape index (κ3) is 2.84. The Morgan fingerprint density at radius 1 is 1.21 bits per heavy atom. The lowest BCUT2D eigenvalue weighted by Gasteiger charge is -2.24. The summed E-state index contributed by atoms with van der Waals surface area (Å²) in [6.07, 6.45) is 0.699. The van der Waals surface area contributed by atoms with Gasteiger partial charge in [-0.3, -0.25) is 14.5 Å². The van der Waals surface area contributed by atoms with Crippen LogP contribution in [0.4, 0.5) is 0 Å². The minimum atomic E-state index is -0.0602. The zero-order valence-electron chi connectivity index (χ0n) is 11.7. The summed E-state index contributed by atoms with van der Waals surface area (Å²) in [6.45, 7) is 4.52. The molecule has 1 heterocycles. The normalized spacial score (nSPS) is 17.1. The van der Waals surface area contributed by atoms with Crippen LogP contribution in [0.5, 0.6) is 0 Å². The number of hydrogen-bond acceptors (Lipinski definition) is 3. The van der Waals surface area contributed by atoms with E-state index in [0.29, 0.717) is 19.4 Å². The lowest BCUT2D eigenvalue weighted by atomic mass is 9.99. The molecule has 0 saturated carbocycles. The molecular formula is C15H20N2O2. The van der Waals surface area contributed by atoms with Crippen LogP contribution in [0.3, 0.4) is 0 Å². The predicted molar refractivity (Wildman–Crippen MR) is 73.7 cm³/mol. The molecule has 0 radical (unpaired) electrons. The highest BCUT2D eigenvalue weighted by molar-refractivity contribution is 6.01. The summed E-state index contributed by atoms with van der Waals surface area (Å²) >= 11 is 0. The molecule has 1 fully saturated rings. The molecule has 1 aromatic rings. The van der Waals surface area contributed by atoms with E-state index in [4.69, 9.17) is 0 Å². The molecule has 1 atom stereocenters. The molecule has 0 spiro atoms. The van der Waals surface area contributed by atoms with E-state index in [-0.39, 0.29) is 17.9 Å². The number of likely N-dealkylation sites (tertiary alicyclic amines) is 1. The largest absolute Gasteiger partial charge is 0.312 e. The molecule has 102 valence electrons. The number of likely N-dealkylation sites (N-methyl/N-ethyl adjacent to an activating group) is 1. The number of rotatable bonds is 4. The Kier molecular flexibility index (Phi) is 4.00. The van der Waals surface area contributed by atoms with Crippen molar-refractivity contribution in [3.8, 4) is 0 Å². The second-order valence-electron chi connectivity index (χ2n) is 5.10. The van der Waals surface area contributed by atoms with Crippen LogP contribution >= 0.6 is 0 Å². The standard InChI is InChI=1S/C15H20N2O2/c1-10-4-5-12(11(2)8-10)13(16-3)9-17-14(18)6-7-15(17)19/h4-5,8,13,16H,6-7,9H2,1-3H3. The summed E-state index contributed by atoms with van der Waals surface area (Å²) in [5, 5.41) is 3.20. The van der Waals surface area contributed by atoms with E-state index in [1.807, 2.05) is 7.05 Å². The highest BCUT2D eigenvalue weighted by Crippen LogP contribution is 2.22. The van der Waals surface area contributed by atoms with Gasteiger partial charge in [-0.1, -0.05) is 23.8 Å². The molecule has 2 rings (SSSR count). The minimum absolute atomic E-state index is 0.00778. The Labute approximate surface area is 113 Å². The number of carbonyl (C=O) groups excluding carboxylic acids is 2. The number of hydrogen-bond donors (Lipinski definition) is 1. The quantitative estimate of drug-likeness (QED) is 0.838. The first-order valence-corrected chi connectivity index (χ1v) is 6.60. The van der Waals surface area contributed by atoms with Crippen LogP contribution in [-0.2, 0) is 9.59 Å². The highest BCUT2D eigenvalue weighted by atomic mass is 16.2. The van der Waals surface area contributed by atoms with Gasteiger partial charge in [-0.2, -0.15) is 0 Å². The minimum Gasteiger partial charge on any atom is -0.312 e. The number of imide groups is 1. The number of benzene rings is 1. The van der Waals surface area contributed by atoms with E-state index in [1.54, 1.807) is 0 Å². The Morgan fingerprint density at radius 2 is 1.84 bits per heavy atom. The van der Waals surface area contributed by atoms with Gasteiger partial charge in [-0.05, 0) is 32.0 Å². The molecule has 0 aliphatic carbocycles. The van der Waals surface area contributed by atoms with Crippen molar-refractivity contribution in [2.24, 2.45) is 0 Å². The highest BCUT2D eigenvalue weighted by Gasteiger charge is 2.31. The Morgan fingerprint density at radius 3 is 2.37 bits per heavy atom. The van der Waals surface area contributed by atoms with Gasteiger partial charge in [0.05, 0.1) is 6.04 Å². The summed E-state index contributed by atoms with van der Waals surface area (Å²) in [6, 6.07) is 6.23. The monoisotopic (exact) mass is 260 g/mol. The summed E-state index contributed by atoms with van der Waals surface area (Å²) in [5.41, 5.74) is 3.53. The average Bonchev–Trinajstić information content (AvgIpc) is 2.68. The zero-order chi connectivity index (χ0) is 14.0. The molecule has 1 unspecified atom stereocenters. The first-order chi connectivity index (χ1) is 9.02. The molecule has 1 aromatic carbocycles. The van der Waals surface area contributed by atoms with Gasteiger partial charge in [0, 0.05) is 19.4 Å². The van der Waals surface area contributed by atoms with Crippen molar-refractivity contribution in [1.29, 1.82) is 0 Å². The second kappa shape index (κ2) is 5.53. The summed E-state index contributed by atoms with van der Waals surface area (Å²) in [4.78, 5) is 24.7. The molecular weight excluding hydrogens is 240 g/mol. The maximum Gasteiger partial charge on any atom is 0.229 e. The summed E-state index contributed by atoms with van der Waals surface area (Å²) < 4.78 is 0. The maximum absolute atomic E-state index is 11.7. The van der Waals surface area contributed by atoms with Crippen LogP contribution in [0.25, 0.3) is 0 Å². The number of amides is 2. The third-order valence-corrected chi connectivity index (χ3v) is 3.67. The van der Waals surface area contributed by atoms with E-state index in [1.165, 1.54) is 16.0 Å². The number of aryl methyl sites for hydroxylation is 2. The first-order valence-electron chi connectivity index (χ1n) is 6.60. The van der Waals surface area contributed by atoms with Crippen molar-refractivity contribution < 1.29 is 9.59 Å². The molecule has 1 saturated heterocycles. The van der Waals surface area contributed by atoms with Gasteiger partial charge in [0.15, 0.2) is 0 Å². The van der Waals surface area contributed by atoms with Gasteiger partial charge in [0.2, 0.25) is 11.8 Å². The molecule has 19 heavy (non-hydrogen) atoms. The summed E-state index contributed by atoms with van der Waals surface area (Å²) in [5.74, 6) is -0.120. The van der Waals surface area contributed by atoms with Crippen LogP contribution in [0.15, 0.2) is 18.2 Å². The lowest BCUT2D eigenvalue weighted by molar-refractivity contribution is -0.138. The van der Waals surface area contributed by atoms with Crippen LogP contribution in [0.1, 0.15) is 35.6 Å². The smallest absolute Gasteiger partial charge is 0.229 e. The van der Waals surface area contributed by atoms with Crippen LogP contribution in [-0.4, -0.2) is 30.3 Å². The topological polar surface area (TPSA) is 49.4 Å². The predicted octanol–water partition coefficient (Wildman–Crippen LogP) is 1.71. The molecule has 2 amide bonds. The van der Waals surface area contributed by atoms with Crippen molar-refractivity contribution in [1.82, 2.24) is 10.2 Å². The molecule has 1 aliphatic rings. The van der Waals surface area contributed by atoms with Gasteiger partial charge < -0.3 is 5.32 Å². The van der Waals surface area contributed by atoms with Gasteiger partial charge >= 0.3 is 0 Å². The van der Waals surface area contributed by atoms with E-state index in [9.17, 15) is 9.59 Å². The molecule has 4 heteroatoms. The number of nitrogens with one attached hydrogen (secondary N) is 1. The molecule has 1 N–H and O–H groups in total. The molecule has 1 aliphatic heterocycles. The van der Waals surface area contributed by atoms with Crippen molar-refractivity contribution in [2.45, 2.75) is 32.7 Å². The van der Waals surface area contributed by atoms with E-state index in [0.717, 1.165) is 5.56 Å². The van der Waals surface area contributed by atoms with E-state index < -0.39 is 0 Å². The SMILES string of the molecule is CNC(CN1C(=O)CCC1=O)c1ccc(C)cc1C. The number of nitrogens with zero attached hydrogens (tertiary/aromatic N) is 1. The fraction of sp³-hybridized carbons (Fsp3) is 0.467. The Balaban J connectivity index is 2.20. The van der Waals surface area contributed by atoms with Crippen molar-refractivity contribution in [2.75, 3.05) is 13.6 Å². The third-order valence-electron chi connectivity index (χ3n) is 3.67. The second-order valence-corrected chi connectivity index (χ2v) is 5.10. The lowest BCUT2D eigenvalue weighted by Crippen LogP contribution is -2.37. The molecule has 0 aromatic heterocycles. The number of carbonyl (C=O) groups is 2.